The van der Waals surface area contributed by atoms with Gasteiger partial charge in [-0.15, -0.1) is 6.58 Å². The summed E-state index contributed by atoms with van der Waals surface area (Å²) >= 11 is 5.91. The number of fused-ring (bicyclic) bond motifs is 1. The number of Topliss-reactive ketones (excluding diaryl/α,β-unsaturated/α-hetero) is 1. The Morgan fingerprint density at radius 3 is 3.00 bits per heavy atom. The number of aromatic amines is 1. The molecule has 2 aromatic rings. The van der Waals surface area contributed by atoms with E-state index in [-0.39, 0.29) is 5.82 Å². The number of aromatic nitrogens is 2. The molecule has 24 heavy (non-hydrogen) atoms. The van der Waals surface area contributed by atoms with Crippen LogP contribution in [0.3, 0.4) is 0 Å². The van der Waals surface area contributed by atoms with E-state index in [0.717, 1.165) is 0 Å². The topological polar surface area (TPSA) is 95.8 Å². The summed E-state index contributed by atoms with van der Waals surface area (Å²) in [4.78, 5) is 31.3. The van der Waals surface area contributed by atoms with Crippen molar-refractivity contribution in [2.24, 2.45) is 0 Å². The van der Waals surface area contributed by atoms with Crippen molar-refractivity contribution in [3.8, 4) is 6.07 Å². The summed E-state index contributed by atoms with van der Waals surface area (Å²) in [6.45, 7) is 5.46. The van der Waals surface area contributed by atoms with Crippen LogP contribution in [0.5, 0.6) is 0 Å². The van der Waals surface area contributed by atoms with Crippen LogP contribution in [0.1, 0.15) is 25.1 Å². The predicted octanol–water partition coefficient (Wildman–Crippen LogP) is 2.73. The molecule has 0 fully saturated rings. The molecule has 0 unspecified atom stereocenters. The van der Waals surface area contributed by atoms with Crippen molar-refractivity contribution in [2.45, 2.75) is 25.4 Å². The molecular weight excluding hydrogens is 330 g/mol. The minimum Gasteiger partial charge on any atom is -0.370 e. The lowest BCUT2D eigenvalue weighted by Gasteiger charge is -2.15. The lowest BCUT2D eigenvalue weighted by atomic mass is 10.0. The van der Waals surface area contributed by atoms with E-state index in [1.54, 1.807) is 19.1 Å². The number of ketones is 1. The van der Waals surface area contributed by atoms with Gasteiger partial charge in [0.1, 0.15) is 11.9 Å². The van der Waals surface area contributed by atoms with Gasteiger partial charge >= 0.3 is 0 Å². The largest absolute Gasteiger partial charge is 0.370 e. The van der Waals surface area contributed by atoms with Gasteiger partial charge in [0.05, 0.1) is 23.6 Å². The second-order valence-electron chi connectivity index (χ2n) is 5.17. The average molecular weight is 346 g/mol. The monoisotopic (exact) mass is 345 g/mol. The zero-order valence-electron chi connectivity index (χ0n) is 13.1. The first-order valence-corrected chi connectivity index (χ1v) is 7.71. The van der Waals surface area contributed by atoms with Crippen molar-refractivity contribution in [1.82, 2.24) is 9.97 Å². The molecule has 7 heteroatoms. The number of halogens is 1. The Morgan fingerprint density at radius 2 is 2.33 bits per heavy atom. The maximum absolute atomic E-state index is 12.4. The summed E-state index contributed by atoms with van der Waals surface area (Å²) in [5.74, 6) is -1.70. The minimum atomic E-state index is -1.22. The normalized spacial score (nSPS) is 13.2. The SMILES string of the molecule is C=CCCO[C@@H](C)C(=O)[C@@H](C#N)c1nc2cc(Cl)ccc2c(=O)[nH]1. The van der Waals surface area contributed by atoms with Gasteiger partial charge in [0.2, 0.25) is 0 Å². The van der Waals surface area contributed by atoms with E-state index in [1.165, 1.54) is 12.1 Å². The first-order valence-electron chi connectivity index (χ1n) is 7.33. The van der Waals surface area contributed by atoms with Crippen LogP contribution in [0.4, 0.5) is 0 Å². The molecule has 1 aromatic carbocycles. The average Bonchev–Trinajstić information content (AvgIpc) is 2.55. The van der Waals surface area contributed by atoms with Gasteiger partial charge in [0.15, 0.2) is 11.7 Å². The molecule has 0 spiro atoms. The highest BCUT2D eigenvalue weighted by atomic mass is 35.5. The standard InChI is InChI=1S/C17H16ClN3O3/c1-3-4-7-24-10(2)15(22)13(9-19)16-20-14-8-11(18)5-6-12(14)17(23)21-16/h3,5-6,8,10,13H,1,4,7H2,2H3,(H,20,21,23)/t10-,13+/m0/s1. The number of nitriles is 1. The third-order valence-electron chi connectivity index (χ3n) is 3.46. The molecule has 0 saturated heterocycles. The van der Waals surface area contributed by atoms with Crippen molar-refractivity contribution in [1.29, 1.82) is 5.26 Å². The Balaban J connectivity index is 2.35. The summed E-state index contributed by atoms with van der Waals surface area (Å²) in [6.07, 6.45) is 1.47. The Morgan fingerprint density at radius 1 is 1.58 bits per heavy atom. The highest BCUT2D eigenvalue weighted by Gasteiger charge is 2.28. The number of H-pyrrole nitrogens is 1. The van der Waals surface area contributed by atoms with Crippen LogP contribution in [-0.4, -0.2) is 28.5 Å². The maximum atomic E-state index is 12.4. The number of nitrogens with zero attached hydrogens (tertiary/aromatic N) is 2. The van der Waals surface area contributed by atoms with Crippen LogP contribution < -0.4 is 5.56 Å². The molecule has 0 aliphatic heterocycles. The van der Waals surface area contributed by atoms with Crippen molar-refractivity contribution in [3.63, 3.8) is 0 Å². The van der Waals surface area contributed by atoms with Gasteiger partial charge in [-0.25, -0.2) is 4.98 Å². The fourth-order valence-corrected chi connectivity index (χ4v) is 2.34. The first-order chi connectivity index (χ1) is 11.5. The van der Waals surface area contributed by atoms with Gasteiger partial charge in [-0.3, -0.25) is 9.59 Å². The third kappa shape index (κ3) is 3.88. The number of carbonyl (C=O) groups excluding carboxylic acids is 1. The van der Waals surface area contributed by atoms with Crippen molar-refractivity contribution < 1.29 is 9.53 Å². The Bertz CT molecular complexity index is 869. The van der Waals surface area contributed by atoms with Crippen molar-refractivity contribution in [2.75, 3.05) is 6.61 Å². The maximum Gasteiger partial charge on any atom is 0.258 e. The number of carbonyl (C=O) groups is 1. The highest BCUT2D eigenvalue weighted by molar-refractivity contribution is 6.31. The van der Waals surface area contributed by atoms with E-state index in [1.807, 2.05) is 6.07 Å². The molecule has 0 radical (unpaired) electrons. The van der Waals surface area contributed by atoms with Gasteiger partial charge in [-0.05, 0) is 31.5 Å². The van der Waals surface area contributed by atoms with E-state index < -0.39 is 23.4 Å². The quantitative estimate of drug-likeness (QED) is 0.614. The third-order valence-corrected chi connectivity index (χ3v) is 3.70. The molecule has 0 saturated carbocycles. The van der Waals surface area contributed by atoms with Gasteiger partial charge in [0.25, 0.3) is 5.56 Å². The predicted molar refractivity (Wildman–Crippen MR) is 91.0 cm³/mol. The minimum absolute atomic E-state index is 0.0126. The Kier molecular flexibility index (Phi) is 5.85. The van der Waals surface area contributed by atoms with E-state index in [4.69, 9.17) is 16.3 Å². The van der Waals surface area contributed by atoms with E-state index in [9.17, 15) is 14.9 Å². The van der Waals surface area contributed by atoms with Crippen LogP contribution in [-0.2, 0) is 9.53 Å². The number of rotatable bonds is 7. The molecule has 0 amide bonds. The molecule has 1 heterocycles. The molecule has 0 bridgehead atoms. The lowest BCUT2D eigenvalue weighted by Crippen LogP contribution is -2.29. The second kappa shape index (κ2) is 7.86. The fraction of sp³-hybridized carbons (Fsp3) is 0.294. The molecule has 2 rings (SSSR count). The molecule has 124 valence electrons. The van der Waals surface area contributed by atoms with E-state index in [0.29, 0.717) is 29.0 Å². The number of nitrogens with one attached hydrogen (secondary N) is 1. The smallest absolute Gasteiger partial charge is 0.258 e. The summed E-state index contributed by atoms with van der Waals surface area (Å²) < 4.78 is 5.37. The number of hydrogen-bond acceptors (Lipinski definition) is 5. The van der Waals surface area contributed by atoms with Gasteiger partial charge in [0, 0.05) is 5.02 Å². The lowest BCUT2D eigenvalue weighted by molar-refractivity contribution is -0.129. The number of ether oxygens (including phenoxy) is 1. The van der Waals surface area contributed by atoms with Gasteiger partial charge in [-0.1, -0.05) is 17.7 Å². The van der Waals surface area contributed by atoms with Crippen molar-refractivity contribution in [3.05, 3.63) is 52.1 Å². The van der Waals surface area contributed by atoms with E-state index in [2.05, 4.69) is 16.5 Å². The molecule has 0 aliphatic carbocycles. The highest BCUT2D eigenvalue weighted by Crippen LogP contribution is 2.19. The summed E-state index contributed by atoms with van der Waals surface area (Å²) in [5, 5.41) is 10.1. The number of hydrogen-bond donors (Lipinski definition) is 1. The second-order valence-corrected chi connectivity index (χ2v) is 5.60. The molecule has 2 atom stereocenters. The molecule has 1 N–H and O–H groups in total. The summed E-state index contributed by atoms with van der Waals surface area (Å²) in [5.41, 5.74) is -0.102. The van der Waals surface area contributed by atoms with E-state index >= 15 is 0 Å². The van der Waals surface area contributed by atoms with Crippen LogP contribution in [0, 0.1) is 11.3 Å². The molecule has 0 aliphatic rings. The van der Waals surface area contributed by atoms with Gasteiger partial charge in [-0.2, -0.15) is 5.26 Å². The summed E-state index contributed by atoms with van der Waals surface area (Å²) in [6, 6.07) is 6.50. The van der Waals surface area contributed by atoms with Crippen LogP contribution in [0.15, 0.2) is 35.6 Å². The zero-order chi connectivity index (χ0) is 17.7. The van der Waals surface area contributed by atoms with Crippen LogP contribution >= 0.6 is 11.6 Å². The molecular formula is C17H16ClN3O3. The number of benzene rings is 1. The van der Waals surface area contributed by atoms with Crippen LogP contribution in [0.2, 0.25) is 5.02 Å². The Labute approximate surface area is 143 Å². The molecule has 6 nitrogen and oxygen atoms in total. The van der Waals surface area contributed by atoms with Gasteiger partial charge < -0.3 is 9.72 Å². The van der Waals surface area contributed by atoms with Crippen molar-refractivity contribution >= 4 is 28.3 Å². The fourth-order valence-electron chi connectivity index (χ4n) is 2.17. The molecule has 1 aromatic heterocycles. The Hall–Kier alpha value is -2.49. The van der Waals surface area contributed by atoms with Crippen LogP contribution in [0.25, 0.3) is 10.9 Å². The first kappa shape index (κ1) is 17.9. The summed E-state index contributed by atoms with van der Waals surface area (Å²) in [7, 11) is 0. The zero-order valence-corrected chi connectivity index (χ0v) is 13.8.